The maximum atomic E-state index is 11.8. The van der Waals surface area contributed by atoms with Crippen molar-refractivity contribution in [3.8, 4) is 0 Å². The highest BCUT2D eigenvalue weighted by molar-refractivity contribution is 7.13. The van der Waals surface area contributed by atoms with Gasteiger partial charge in [-0.25, -0.2) is 4.98 Å². The van der Waals surface area contributed by atoms with Gasteiger partial charge in [0.1, 0.15) is 0 Å². The Morgan fingerprint density at radius 1 is 1.41 bits per heavy atom. The summed E-state index contributed by atoms with van der Waals surface area (Å²) in [6, 6.07) is 6.14. The molecule has 0 saturated carbocycles. The molecule has 0 spiro atoms. The minimum atomic E-state index is -1.58. The quantitative estimate of drug-likeness (QED) is 0.671. The topological polar surface area (TPSA) is 82.5 Å². The molecule has 0 aliphatic heterocycles. The zero-order chi connectivity index (χ0) is 12.3. The van der Waals surface area contributed by atoms with Crippen molar-refractivity contribution in [3.63, 3.8) is 0 Å². The molecule has 86 valence electrons. The molecule has 0 radical (unpaired) electrons. The smallest absolute Gasteiger partial charge is 0.423 e. The second-order valence-electron chi connectivity index (χ2n) is 3.29. The molecule has 0 aliphatic carbocycles. The summed E-state index contributed by atoms with van der Waals surface area (Å²) >= 11 is 1.31. The molecule has 1 heterocycles. The van der Waals surface area contributed by atoms with Gasteiger partial charge in [-0.3, -0.25) is 10.1 Å². The predicted octanol–water partition coefficient (Wildman–Crippen LogP) is 0.0752. The third-order valence-electron chi connectivity index (χ3n) is 2.10. The van der Waals surface area contributed by atoms with E-state index < -0.39 is 7.12 Å². The van der Waals surface area contributed by atoms with Gasteiger partial charge in [0.05, 0.1) is 0 Å². The summed E-state index contributed by atoms with van der Waals surface area (Å²) in [5, 5.41) is 22.9. The molecule has 0 bridgehead atoms. The van der Waals surface area contributed by atoms with Crippen molar-refractivity contribution in [3.05, 3.63) is 41.4 Å². The zero-order valence-corrected chi connectivity index (χ0v) is 9.52. The number of carbonyl (C=O) groups excluding carboxylic acids is 1. The van der Waals surface area contributed by atoms with E-state index in [1.165, 1.54) is 23.5 Å². The van der Waals surface area contributed by atoms with Crippen LogP contribution in [0.15, 0.2) is 35.8 Å². The number of anilines is 1. The first-order valence-electron chi connectivity index (χ1n) is 4.84. The Kier molecular flexibility index (Phi) is 3.53. The number of aromatic nitrogens is 1. The van der Waals surface area contributed by atoms with Crippen molar-refractivity contribution >= 4 is 35.0 Å². The molecule has 1 amide bonds. The van der Waals surface area contributed by atoms with Gasteiger partial charge in [0.25, 0.3) is 5.91 Å². The predicted molar refractivity (Wildman–Crippen MR) is 66.3 cm³/mol. The molecular formula is C10H9BN2O3S. The standard InChI is InChI=1S/C10H9BN2O3S/c14-9(13-10-12-4-5-17-10)7-2-1-3-8(6-7)11(15)16/h1-6,15-16H,(H,12,13,14). The first-order valence-corrected chi connectivity index (χ1v) is 5.72. The van der Waals surface area contributed by atoms with E-state index in [1.54, 1.807) is 23.7 Å². The Balaban J connectivity index is 2.16. The molecule has 0 aliphatic rings. The summed E-state index contributed by atoms with van der Waals surface area (Å²) in [5.74, 6) is -0.331. The summed E-state index contributed by atoms with van der Waals surface area (Å²) in [6.45, 7) is 0. The molecule has 7 heteroatoms. The Bertz CT molecular complexity index is 516. The van der Waals surface area contributed by atoms with Gasteiger partial charge in [-0.2, -0.15) is 0 Å². The van der Waals surface area contributed by atoms with Crippen LogP contribution in [0.1, 0.15) is 10.4 Å². The van der Waals surface area contributed by atoms with Crippen molar-refractivity contribution in [1.29, 1.82) is 0 Å². The summed E-state index contributed by atoms with van der Waals surface area (Å²) in [5.41, 5.74) is 0.627. The maximum Gasteiger partial charge on any atom is 0.488 e. The summed E-state index contributed by atoms with van der Waals surface area (Å²) in [7, 11) is -1.58. The number of hydrogen-bond donors (Lipinski definition) is 3. The largest absolute Gasteiger partial charge is 0.488 e. The normalized spacial score (nSPS) is 10.0. The number of hydrogen-bond acceptors (Lipinski definition) is 5. The fraction of sp³-hybridized carbons (Fsp3) is 0. The molecule has 5 nitrogen and oxygen atoms in total. The summed E-state index contributed by atoms with van der Waals surface area (Å²) in [4.78, 5) is 15.7. The number of thiazole rings is 1. The number of carbonyl (C=O) groups is 1. The Morgan fingerprint density at radius 3 is 2.88 bits per heavy atom. The van der Waals surface area contributed by atoms with Crippen molar-refractivity contribution in [1.82, 2.24) is 4.98 Å². The van der Waals surface area contributed by atoms with Gasteiger partial charge in [0.15, 0.2) is 5.13 Å². The molecule has 1 aromatic carbocycles. The van der Waals surface area contributed by atoms with Gasteiger partial charge in [0, 0.05) is 17.1 Å². The van der Waals surface area contributed by atoms with Crippen LogP contribution in [0, 0.1) is 0 Å². The number of amides is 1. The Hall–Kier alpha value is -1.70. The zero-order valence-electron chi connectivity index (χ0n) is 8.70. The summed E-state index contributed by atoms with van der Waals surface area (Å²) in [6.07, 6.45) is 1.59. The Labute approximate surface area is 102 Å². The molecular weight excluding hydrogens is 239 g/mol. The lowest BCUT2D eigenvalue weighted by Crippen LogP contribution is -2.30. The Morgan fingerprint density at radius 2 is 2.24 bits per heavy atom. The van der Waals surface area contributed by atoms with E-state index in [4.69, 9.17) is 10.0 Å². The third-order valence-corrected chi connectivity index (χ3v) is 2.79. The summed E-state index contributed by atoms with van der Waals surface area (Å²) < 4.78 is 0. The number of benzene rings is 1. The van der Waals surface area contributed by atoms with Crippen molar-refractivity contribution < 1.29 is 14.8 Å². The van der Waals surface area contributed by atoms with Gasteiger partial charge in [-0.1, -0.05) is 12.1 Å². The van der Waals surface area contributed by atoms with E-state index >= 15 is 0 Å². The van der Waals surface area contributed by atoms with E-state index in [2.05, 4.69) is 10.3 Å². The average molecular weight is 248 g/mol. The van der Waals surface area contributed by atoms with Crippen LogP contribution in [0.3, 0.4) is 0 Å². The highest BCUT2D eigenvalue weighted by Crippen LogP contribution is 2.11. The fourth-order valence-electron chi connectivity index (χ4n) is 1.29. The highest BCUT2D eigenvalue weighted by atomic mass is 32.1. The van der Waals surface area contributed by atoms with Gasteiger partial charge >= 0.3 is 7.12 Å². The van der Waals surface area contributed by atoms with E-state index in [0.29, 0.717) is 10.7 Å². The third kappa shape index (κ3) is 2.91. The van der Waals surface area contributed by atoms with Gasteiger partial charge in [0.2, 0.25) is 0 Å². The van der Waals surface area contributed by atoms with Crippen molar-refractivity contribution in [2.75, 3.05) is 5.32 Å². The van der Waals surface area contributed by atoms with Crippen LogP contribution >= 0.6 is 11.3 Å². The van der Waals surface area contributed by atoms with E-state index in [9.17, 15) is 4.79 Å². The van der Waals surface area contributed by atoms with Crippen LogP contribution in [0.4, 0.5) is 5.13 Å². The van der Waals surface area contributed by atoms with Crippen LogP contribution in [0.5, 0.6) is 0 Å². The molecule has 1 aromatic heterocycles. The van der Waals surface area contributed by atoms with E-state index in [0.717, 1.165) is 0 Å². The average Bonchev–Trinajstić information content (AvgIpc) is 2.82. The SMILES string of the molecule is O=C(Nc1nccs1)c1cccc(B(O)O)c1. The molecule has 17 heavy (non-hydrogen) atoms. The molecule has 2 rings (SSSR count). The maximum absolute atomic E-state index is 11.8. The lowest BCUT2D eigenvalue weighted by molar-refractivity contribution is 0.102. The molecule has 0 unspecified atom stereocenters. The van der Waals surface area contributed by atoms with Gasteiger partial charge in [-0.15, -0.1) is 11.3 Å². The first-order chi connectivity index (χ1) is 8.16. The van der Waals surface area contributed by atoms with Gasteiger partial charge < -0.3 is 10.0 Å². The molecule has 3 N–H and O–H groups in total. The van der Waals surface area contributed by atoms with Crippen LogP contribution in [-0.4, -0.2) is 28.1 Å². The van der Waals surface area contributed by atoms with Crippen LogP contribution in [0.25, 0.3) is 0 Å². The monoisotopic (exact) mass is 248 g/mol. The highest BCUT2D eigenvalue weighted by Gasteiger charge is 2.14. The van der Waals surface area contributed by atoms with Crippen molar-refractivity contribution in [2.45, 2.75) is 0 Å². The second-order valence-corrected chi connectivity index (χ2v) is 4.19. The minimum Gasteiger partial charge on any atom is -0.423 e. The van der Waals surface area contributed by atoms with Gasteiger partial charge in [-0.05, 0) is 17.6 Å². The van der Waals surface area contributed by atoms with E-state index in [-0.39, 0.29) is 11.4 Å². The molecule has 0 atom stereocenters. The van der Waals surface area contributed by atoms with Crippen LogP contribution < -0.4 is 10.8 Å². The molecule has 0 fully saturated rings. The first kappa shape index (κ1) is 11.8. The lowest BCUT2D eigenvalue weighted by Gasteiger charge is -2.04. The lowest BCUT2D eigenvalue weighted by atomic mass is 9.79. The van der Waals surface area contributed by atoms with Crippen LogP contribution in [-0.2, 0) is 0 Å². The minimum absolute atomic E-state index is 0.275. The van der Waals surface area contributed by atoms with E-state index in [1.807, 2.05) is 0 Å². The second kappa shape index (κ2) is 5.09. The number of nitrogens with one attached hydrogen (secondary N) is 1. The van der Waals surface area contributed by atoms with Crippen molar-refractivity contribution in [2.24, 2.45) is 0 Å². The molecule has 2 aromatic rings. The molecule has 0 saturated heterocycles. The number of rotatable bonds is 3. The fourth-order valence-corrected chi connectivity index (χ4v) is 1.82. The van der Waals surface area contributed by atoms with Crippen LogP contribution in [0.2, 0.25) is 0 Å². The number of nitrogens with zero attached hydrogens (tertiary/aromatic N) is 1.